The molecular weight excluding hydrogens is 218 g/mol. The van der Waals surface area contributed by atoms with Crippen molar-refractivity contribution in [3.63, 3.8) is 0 Å². The van der Waals surface area contributed by atoms with Crippen LogP contribution in [0.3, 0.4) is 0 Å². The van der Waals surface area contributed by atoms with Crippen LogP contribution >= 0.6 is 0 Å². The Kier molecular flexibility index (Phi) is 3.13. The Hall–Kier alpha value is -1.84. The first-order valence-electron chi connectivity index (χ1n) is 5.60. The summed E-state index contributed by atoms with van der Waals surface area (Å²) in [5, 5.41) is 2.86. The minimum atomic E-state index is -0.0877. The Balaban J connectivity index is 2.41. The molecule has 0 saturated carbocycles. The summed E-state index contributed by atoms with van der Waals surface area (Å²) in [6.07, 6.45) is 1.13. The average Bonchev–Trinajstić information content (AvgIpc) is 2.32. The van der Waals surface area contributed by atoms with Crippen LogP contribution in [-0.4, -0.2) is 18.8 Å². The first kappa shape index (κ1) is 11.6. The number of carbonyl (C=O) groups excluding carboxylic acids is 2. The zero-order chi connectivity index (χ0) is 12.4. The van der Waals surface area contributed by atoms with Gasteiger partial charge in [0, 0.05) is 18.9 Å². The molecule has 1 amide bonds. The summed E-state index contributed by atoms with van der Waals surface area (Å²) in [6.45, 7) is 1.48. The SMILES string of the molecule is COc1ccc2c(c1)[C@H](NC(C)=O)CCC2=O. The van der Waals surface area contributed by atoms with Crippen LogP contribution < -0.4 is 10.1 Å². The highest BCUT2D eigenvalue weighted by molar-refractivity contribution is 5.99. The van der Waals surface area contributed by atoms with Crippen molar-refractivity contribution in [3.8, 4) is 5.75 Å². The molecule has 1 aliphatic rings. The Morgan fingerprint density at radius 1 is 1.47 bits per heavy atom. The van der Waals surface area contributed by atoms with Crippen LogP contribution in [0.15, 0.2) is 18.2 Å². The lowest BCUT2D eigenvalue weighted by Crippen LogP contribution is -2.30. The van der Waals surface area contributed by atoms with Crippen molar-refractivity contribution in [2.75, 3.05) is 7.11 Å². The minimum Gasteiger partial charge on any atom is -0.497 e. The standard InChI is InChI=1S/C13H15NO3/c1-8(15)14-12-5-6-13(16)10-4-3-9(17-2)7-11(10)12/h3-4,7,12H,5-6H2,1-2H3,(H,14,15)/t12-/m1/s1. The third-order valence-corrected chi connectivity index (χ3v) is 2.97. The number of benzene rings is 1. The van der Waals surface area contributed by atoms with Gasteiger partial charge in [0.15, 0.2) is 5.78 Å². The summed E-state index contributed by atoms with van der Waals surface area (Å²) in [4.78, 5) is 22.9. The largest absolute Gasteiger partial charge is 0.497 e. The van der Waals surface area contributed by atoms with E-state index in [0.717, 1.165) is 5.56 Å². The van der Waals surface area contributed by atoms with Crippen molar-refractivity contribution in [1.29, 1.82) is 0 Å². The summed E-state index contributed by atoms with van der Waals surface area (Å²) in [6, 6.07) is 5.28. The zero-order valence-electron chi connectivity index (χ0n) is 9.95. The van der Waals surface area contributed by atoms with Gasteiger partial charge in [0.25, 0.3) is 0 Å². The second-order valence-electron chi connectivity index (χ2n) is 4.17. The zero-order valence-corrected chi connectivity index (χ0v) is 9.95. The number of Topliss-reactive ketones (excluding diaryl/α,β-unsaturated/α-hetero) is 1. The molecule has 0 fully saturated rings. The van der Waals surface area contributed by atoms with Gasteiger partial charge in [-0.05, 0) is 30.2 Å². The summed E-state index contributed by atoms with van der Waals surface area (Å²) >= 11 is 0. The lowest BCUT2D eigenvalue weighted by molar-refractivity contribution is -0.119. The molecule has 0 aliphatic heterocycles. The summed E-state index contributed by atoms with van der Waals surface area (Å²) in [7, 11) is 1.58. The van der Waals surface area contributed by atoms with Crippen molar-refractivity contribution in [1.82, 2.24) is 5.32 Å². The number of nitrogens with one attached hydrogen (secondary N) is 1. The normalized spacial score (nSPS) is 18.5. The van der Waals surface area contributed by atoms with Gasteiger partial charge in [0.05, 0.1) is 13.2 Å². The van der Waals surface area contributed by atoms with Crippen molar-refractivity contribution in [3.05, 3.63) is 29.3 Å². The number of amides is 1. The van der Waals surface area contributed by atoms with Crippen molar-refractivity contribution in [2.24, 2.45) is 0 Å². The van der Waals surface area contributed by atoms with E-state index in [9.17, 15) is 9.59 Å². The van der Waals surface area contributed by atoms with E-state index in [1.54, 1.807) is 19.2 Å². The Morgan fingerprint density at radius 2 is 2.24 bits per heavy atom. The lowest BCUT2D eigenvalue weighted by Gasteiger charge is -2.25. The maximum Gasteiger partial charge on any atom is 0.217 e. The fourth-order valence-corrected chi connectivity index (χ4v) is 2.17. The molecule has 90 valence electrons. The van der Waals surface area contributed by atoms with E-state index < -0.39 is 0 Å². The molecule has 1 N–H and O–H groups in total. The average molecular weight is 233 g/mol. The number of carbonyl (C=O) groups is 2. The fraction of sp³-hybridized carbons (Fsp3) is 0.385. The van der Waals surface area contributed by atoms with Crippen LogP contribution in [0.2, 0.25) is 0 Å². The summed E-state index contributed by atoms with van der Waals surface area (Å²) in [5.41, 5.74) is 1.55. The van der Waals surface area contributed by atoms with E-state index in [1.807, 2.05) is 6.07 Å². The smallest absolute Gasteiger partial charge is 0.217 e. The molecule has 1 aromatic carbocycles. The number of hydrogen-bond donors (Lipinski definition) is 1. The number of fused-ring (bicyclic) bond motifs is 1. The lowest BCUT2D eigenvalue weighted by atomic mass is 9.86. The van der Waals surface area contributed by atoms with Crippen molar-refractivity contribution >= 4 is 11.7 Å². The van der Waals surface area contributed by atoms with E-state index >= 15 is 0 Å². The molecule has 0 saturated heterocycles. The van der Waals surface area contributed by atoms with Gasteiger partial charge in [0.2, 0.25) is 5.91 Å². The monoisotopic (exact) mass is 233 g/mol. The molecule has 4 heteroatoms. The highest BCUT2D eigenvalue weighted by Gasteiger charge is 2.26. The predicted octanol–water partition coefficient (Wildman–Crippen LogP) is 1.85. The van der Waals surface area contributed by atoms with Gasteiger partial charge in [-0.2, -0.15) is 0 Å². The van der Waals surface area contributed by atoms with Crippen LogP contribution in [0.5, 0.6) is 5.75 Å². The molecule has 0 unspecified atom stereocenters. The highest BCUT2D eigenvalue weighted by Crippen LogP contribution is 2.32. The molecule has 0 spiro atoms. The first-order valence-corrected chi connectivity index (χ1v) is 5.60. The molecule has 1 aliphatic carbocycles. The number of ketones is 1. The summed E-state index contributed by atoms with van der Waals surface area (Å²) in [5.74, 6) is 0.746. The molecule has 17 heavy (non-hydrogen) atoms. The van der Waals surface area contributed by atoms with Gasteiger partial charge in [-0.25, -0.2) is 0 Å². The summed E-state index contributed by atoms with van der Waals surface area (Å²) < 4.78 is 5.14. The Bertz CT molecular complexity index is 468. The maximum atomic E-state index is 11.8. The number of ether oxygens (including phenoxy) is 1. The first-order chi connectivity index (χ1) is 8.11. The molecule has 1 aromatic rings. The minimum absolute atomic E-state index is 0.0851. The molecule has 0 heterocycles. The third-order valence-electron chi connectivity index (χ3n) is 2.97. The Morgan fingerprint density at radius 3 is 2.88 bits per heavy atom. The number of hydrogen-bond acceptors (Lipinski definition) is 3. The van der Waals surface area contributed by atoms with Crippen LogP contribution in [-0.2, 0) is 4.79 Å². The molecular formula is C13H15NO3. The second-order valence-corrected chi connectivity index (χ2v) is 4.17. The maximum absolute atomic E-state index is 11.8. The van der Waals surface area contributed by atoms with Gasteiger partial charge < -0.3 is 10.1 Å². The predicted molar refractivity (Wildman–Crippen MR) is 63.1 cm³/mol. The Labute approximate surface area is 100.0 Å². The fourth-order valence-electron chi connectivity index (χ4n) is 2.17. The van der Waals surface area contributed by atoms with E-state index in [0.29, 0.717) is 24.2 Å². The van der Waals surface area contributed by atoms with E-state index in [1.165, 1.54) is 6.92 Å². The van der Waals surface area contributed by atoms with Crippen molar-refractivity contribution < 1.29 is 14.3 Å². The van der Waals surface area contributed by atoms with E-state index in [2.05, 4.69) is 5.32 Å². The number of methoxy groups -OCH3 is 1. The van der Waals surface area contributed by atoms with Gasteiger partial charge in [-0.3, -0.25) is 9.59 Å². The molecule has 4 nitrogen and oxygen atoms in total. The van der Waals surface area contributed by atoms with E-state index in [-0.39, 0.29) is 17.7 Å². The van der Waals surface area contributed by atoms with Crippen LogP contribution in [0, 0.1) is 0 Å². The number of rotatable bonds is 2. The molecule has 2 rings (SSSR count). The third kappa shape index (κ3) is 2.30. The highest BCUT2D eigenvalue weighted by atomic mass is 16.5. The van der Waals surface area contributed by atoms with Gasteiger partial charge >= 0.3 is 0 Å². The van der Waals surface area contributed by atoms with E-state index in [4.69, 9.17) is 4.74 Å². The molecule has 0 bridgehead atoms. The second kappa shape index (κ2) is 4.57. The molecule has 1 atom stereocenters. The van der Waals surface area contributed by atoms with Crippen LogP contribution in [0.4, 0.5) is 0 Å². The van der Waals surface area contributed by atoms with Gasteiger partial charge in [-0.1, -0.05) is 0 Å². The quantitative estimate of drug-likeness (QED) is 0.848. The topological polar surface area (TPSA) is 55.4 Å². The van der Waals surface area contributed by atoms with Crippen molar-refractivity contribution in [2.45, 2.75) is 25.8 Å². The molecule has 0 aromatic heterocycles. The van der Waals surface area contributed by atoms with Crippen LogP contribution in [0.25, 0.3) is 0 Å². The molecule has 0 radical (unpaired) electrons. The van der Waals surface area contributed by atoms with Gasteiger partial charge in [0.1, 0.15) is 5.75 Å². The van der Waals surface area contributed by atoms with Crippen LogP contribution in [0.1, 0.15) is 41.7 Å². The van der Waals surface area contributed by atoms with Gasteiger partial charge in [-0.15, -0.1) is 0 Å².